The highest BCUT2D eigenvalue weighted by molar-refractivity contribution is 5.99. The van der Waals surface area contributed by atoms with Gasteiger partial charge in [0.2, 0.25) is 23.6 Å². The Balaban J connectivity index is 0.831. The number of anilines is 3. The summed E-state index contributed by atoms with van der Waals surface area (Å²) in [5, 5.41) is 6.18. The SMILES string of the molecule is O=C(Nc1ccc(CN(Cc2ccc(NC(=O)[C@@H]3CCCN3C(=O)[C@@H](c3ccccc3)N3CCCC3)cc2)c2ccc(F)cc2)cc1)C1CCCN1C(=O)[C@@H](c1ccccc1)N1CCCC1. The Morgan fingerprint density at radius 2 is 0.894 bits per heavy atom. The Labute approximate surface area is 387 Å². The van der Waals surface area contributed by atoms with Gasteiger partial charge >= 0.3 is 0 Å². The van der Waals surface area contributed by atoms with Crippen molar-refractivity contribution >= 4 is 40.7 Å². The summed E-state index contributed by atoms with van der Waals surface area (Å²) in [5.74, 6) is -0.700. The van der Waals surface area contributed by atoms with E-state index in [4.69, 9.17) is 0 Å². The van der Waals surface area contributed by atoms with Crippen LogP contribution in [-0.4, -0.2) is 94.6 Å². The summed E-state index contributed by atoms with van der Waals surface area (Å²) in [6.45, 7) is 5.60. The highest BCUT2D eigenvalue weighted by atomic mass is 19.1. The molecule has 12 heteroatoms. The van der Waals surface area contributed by atoms with Crippen molar-refractivity contribution in [3.8, 4) is 0 Å². The maximum absolute atomic E-state index is 14.2. The van der Waals surface area contributed by atoms with Gasteiger partial charge in [0.05, 0.1) is 0 Å². The van der Waals surface area contributed by atoms with E-state index in [1.807, 2.05) is 109 Å². The average Bonchev–Trinajstić information content (AvgIpc) is 4.21. The molecule has 4 saturated heterocycles. The highest BCUT2D eigenvalue weighted by Crippen LogP contribution is 2.33. The van der Waals surface area contributed by atoms with Crippen LogP contribution in [0, 0.1) is 5.82 Å². The van der Waals surface area contributed by atoms with Gasteiger partial charge in [-0.15, -0.1) is 0 Å². The molecule has 4 heterocycles. The first-order chi connectivity index (χ1) is 32.3. The maximum Gasteiger partial charge on any atom is 0.247 e. The number of carbonyl (C=O) groups excluding carboxylic acids is 4. The molecule has 5 aromatic carbocycles. The van der Waals surface area contributed by atoms with E-state index < -0.39 is 24.2 Å². The average molecular weight is 890 g/mol. The lowest BCUT2D eigenvalue weighted by Crippen LogP contribution is -2.48. The summed E-state index contributed by atoms with van der Waals surface area (Å²) in [6.07, 6.45) is 7.04. The zero-order chi connectivity index (χ0) is 45.4. The minimum absolute atomic E-state index is 0.00877. The first-order valence-corrected chi connectivity index (χ1v) is 23.8. The minimum atomic E-state index is -0.543. The molecule has 9 rings (SSSR count). The van der Waals surface area contributed by atoms with Crippen LogP contribution in [0.4, 0.5) is 21.5 Å². The molecule has 0 radical (unpaired) electrons. The molecular formula is C54H60FN7O4. The van der Waals surface area contributed by atoms with Crippen LogP contribution in [0.5, 0.6) is 0 Å². The summed E-state index contributed by atoms with van der Waals surface area (Å²) in [4.78, 5) is 66.2. The van der Waals surface area contributed by atoms with Gasteiger partial charge in [-0.25, -0.2) is 4.39 Å². The van der Waals surface area contributed by atoms with Gasteiger partial charge < -0.3 is 25.3 Å². The summed E-state index contributed by atoms with van der Waals surface area (Å²) >= 11 is 0. The van der Waals surface area contributed by atoms with E-state index in [1.165, 1.54) is 12.1 Å². The molecule has 2 N–H and O–H groups in total. The van der Waals surface area contributed by atoms with Crippen molar-refractivity contribution < 1.29 is 23.6 Å². The lowest BCUT2D eigenvalue weighted by atomic mass is 10.0. The van der Waals surface area contributed by atoms with Gasteiger partial charge in [-0.2, -0.15) is 0 Å². The van der Waals surface area contributed by atoms with E-state index in [0.29, 0.717) is 50.4 Å². The van der Waals surface area contributed by atoms with Crippen molar-refractivity contribution in [2.24, 2.45) is 0 Å². The summed E-state index contributed by atoms with van der Waals surface area (Å²) < 4.78 is 14.1. The van der Waals surface area contributed by atoms with Gasteiger partial charge in [-0.05, 0) is 148 Å². The molecule has 1 unspecified atom stereocenters. The molecule has 342 valence electrons. The Bertz CT molecular complexity index is 2280. The molecule has 0 aromatic heterocycles. The molecule has 11 nitrogen and oxygen atoms in total. The number of nitrogens with one attached hydrogen (secondary N) is 2. The van der Waals surface area contributed by atoms with Crippen LogP contribution in [0.2, 0.25) is 0 Å². The maximum atomic E-state index is 14.2. The van der Waals surface area contributed by atoms with Crippen LogP contribution in [0.3, 0.4) is 0 Å². The number of amides is 4. The van der Waals surface area contributed by atoms with E-state index in [0.717, 1.165) is 92.6 Å². The fraction of sp³-hybridized carbons (Fsp3) is 0.370. The van der Waals surface area contributed by atoms with E-state index in [9.17, 15) is 23.6 Å². The van der Waals surface area contributed by atoms with Gasteiger partial charge in [0.1, 0.15) is 30.0 Å². The molecule has 66 heavy (non-hydrogen) atoms. The Morgan fingerprint density at radius 1 is 0.500 bits per heavy atom. The van der Waals surface area contributed by atoms with E-state index in [2.05, 4.69) is 25.3 Å². The minimum Gasteiger partial charge on any atom is -0.363 e. The summed E-state index contributed by atoms with van der Waals surface area (Å²) in [5.41, 5.74) is 6.06. The number of likely N-dealkylation sites (tertiary alicyclic amines) is 4. The predicted molar refractivity (Wildman–Crippen MR) is 256 cm³/mol. The van der Waals surface area contributed by atoms with Crippen molar-refractivity contribution in [3.63, 3.8) is 0 Å². The molecule has 0 saturated carbocycles. The monoisotopic (exact) mass is 889 g/mol. The number of hydrogen-bond donors (Lipinski definition) is 2. The molecule has 4 atom stereocenters. The second-order valence-corrected chi connectivity index (χ2v) is 18.2. The van der Waals surface area contributed by atoms with Crippen LogP contribution < -0.4 is 15.5 Å². The Kier molecular flexibility index (Phi) is 14.2. The number of carbonyl (C=O) groups is 4. The lowest BCUT2D eigenvalue weighted by molar-refractivity contribution is -0.141. The molecule has 0 aliphatic carbocycles. The van der Waals surface area contributed by atoms with Crippen molar-refractivity contribution in [3.05, 3.63) is 162 Å². The Hall–Kier alpha value is -6.37. The third-order valence-corrected chi connectivity index (χ3v) is 13.8. The molecule has 0 spiro atoms. The number of rotatable bonds is 15. The van der Waals surface area contributed by atoms with Crippen molar-refractivity contribution in [2.45, 2.75) is 88.6 Å². The predicted octanol–water partition coefficient (Wildman–Crippen LogP) is 8.57. The lowest BCUT2D eigenvalue weighted by Gasteiger charge is -2.33. The molecule has 4 amide bonds. The molecular weight excluding hydrogens is 830 g/mol. The fourth-order valence-electron chi connectivity index (χ4n) is 10.4. The van der Waals surface area contributed by atoms with Crippen molar-refractivity contribution in [2.75, 3.05) is 54.8 Å². The molecule has 4 aliphatic rings. The Morgan fingerprint density at radius 3 is 1.29 bits per heavy atom. The number of halogens is 1. The largest absolute Gasteiger partial charge is 0.363 e. The molecule has 5 aromatic rings. The first-order valence-electron chi connectivity index (χ1n) is 23.8. The van der Waals surface area contributed by atoms with Crippen LogP contribution in [0.15, 0.2) is 133 Å². The summed E-state index contributed by atoms with van der Waals surface area (Å²) in [6, 6.07) is 39.9. The molecule has 0 bridgehead atoms. The van der Waals surface area contributed by atoms with Crippen LogP contribution >= 0.6 is 0 Å². The standard InChI is InChI=1S/C54H60FN7O4/c55-43-23-29-46(30-24-43)60(37-39-19-25-44(26-20-39)56-51(63)47-17-11-35-61(47)53(65)49(58-31-7-8-32-58)41-13-3-1-4-14-41)38-40-21-27-45(28-22-40)57-52(64)48-18-12-36-62(48)54(66)50(59-33-9-10-34-59)42-15-5-2-6-16-42/h1-6,13-16,19-30,47-50H,7-12,17-18,31-38H2,(H,56,63)(H,57,64)/t47-,48?,49+,50+/m0/s1. The fourth-order valence-corrected chi connectivity index (χ4v) is 10.4. The third kappa shape index (κ3) is 10.3. The van der Waals surface area contributed by atoms with Gasteiger partial charge in [-0.1, -0.05) is 84.9 Å². The molecule has 4 aliphatic heterocycles. The zero-order valence-electron chi connectivity index (χ0n) is 37.6. The van der Waals surface area contributed by atoms with E-state index >= 15 is 0 Å². The van der Waals surface area contributed by atoms with Gasteiger partial charge in [0.15, 0.2) is 0 Å². The van der Waals surface area contributed by atoms with E-state index in [1.54, 1.807) is 21.9 Å². The number of hydrogen-bond acceptors (Lipinski definition) is 7. The van der Waals surface area contributed by atoms with Gasteiger partial charge in [0.25, 0.3) is 0 Å². The quantitative estimate of drug-likeness (QED) is 0.109. The van der Waals surface area contributed by atoms with Gasteiger partial charge in [-0.3, -0.25) is 29.0 Å². The normalized spacial score (nSPS) is 19.7. The number of nitrogens with zero attached hydrogens (tertiary/aromatic N) is 5. The van der Waals surface area contributed by atoms with Crippen LogP contribution in [-0.2, 0) is 32.3 Å². The second-order valence-electron chi connectivity index (χ2n) is 18.2. The smallest absolute Gasteiger partial charge is 0.247 e. The third-order valence-electron chi connectivity index (χ3n) is 13.8. The van der Waals surface area contributed by atoms with Crippen molar-refractivity contribution in [1.29, 1.82) is 0 Å². The topological polar surface area (TPSA) is 109 Å². The van der Waals surface area contributed by atoms with Gasteiger partial charge in [0, 0.05) is 43.2 Å². The molecule has 4 fully saturated rings. The number of benzene rings is 5. The zero-order valence-corrected chi connectivity index (χ0v) is 37.6. The first kappa shape index (κ1) is 44.8. The second kappa shape index (κ2) is 20.9. The highest BCUT2D eigenvalue weighted by Gasteiger charge is 2.42. The van der Waals surface area contributed by atoms with Crippen molar-refractivity contribution in [1.82, 2.24) is 19.6 Å². The van der Waals surface area contributed by atoms with E-state index in [-0.39, 0.29) is 29.4 Å². The van der Waals surface area contributed by atoms with Crippen LogP contribution in [0.1, 0.15) is 85.7 Å². The summed E-state index contributed by atoms with van der Waals surface area (Å²) in [7, 11) is 0. The van der Waals surface area contributed by atoms with Crippen LogP contribution in [0.25, 0.3) is 0 Å².